The van der Waals surface area contributed by atoms with E-state index in [-0.39, 0.29) is 50.5 Å². The molecule has 0 aliphatic carbocycles. The Bertz CT molecular complexity index is 1570. The third-order valence-corrected chi connectivity index (χ3v) is 8.69. The van der Waals surface area contributed by atoms with Crippen molar-refractivity contribution >= 4 is 25.9 Å². The summed E-state index contributed by atoms with van der Waals surface area (Å²) in [5, 5.41) is 0.867. The Hall–Kier alpha value is -4.76. The van der Waals surface area contributed by atoms with Crippen LogP contribution in [-0.2, 0) is 64.0 Å². The summed E-state index contributed by atoms with van der Waals surface area (Å²) in [5.74, 6) is -0.892. The number of ether oxygens (including phenoxy) is 2. The van der Waals surface area contributed by atoms with E-state index in [2.05, 4.69) is 0 Å². The van der Waals surface area contributed by atoms with E-state index < -0.39 is 19.6 Å². The third kappa shape index (κ3) is 11.0. The van der Waals surface area contributed by atoms with E-state index in [4.69, 9.17) is 23.4 Å². The van der Waals surface area contributed by atoms with Crippen molar-refractivity contribution in [2.45, 2.75) is 38.7 Å². The van der Waals surface area contributed by atoms with Gasteiger partial charge in [0, 0.05) is 7.11 Å². The average Bonchev–Trinajstić information content (AvgIpc) is 3.10. The van der Waals surface area contributed by atoms with Gasteiger partial charge in [-0.05, 0) is 40.8 Å². The molecule has 2 unspecified atom stereocenters. The summed E-state index contributed by atoms with van der Waals surface area (Å²) in [6.07, 6.45) is 0.0602. The van der Waals surface area contributed by atoms with Gasteiger partial charge in [0.05, 0.1) is 12.6 Å². The molecule has 2 atom stereocenters. The standard InChI is InChI=1S/C35H36NO9P/c1-41-46(40,45-32-19-17-28(18-20-32)23-34(38)42-24-29-11-5-2-6-12-29)22-21-33(35(39)43-25-30-13-7-3-8-14-30)36(27-37)44-26-31-15-9-4-10-16-31/h2-20,27,33H,21-26H2,1H3. The molecule has 0 aromatic heterocycles. The molecular formula is C35H36NO9P. The van der Waals surface area contributed by atoms with Crippen molar-refractivity contribution in [2.24, 2.45) is 0 Å². The number of nitrogens with zero attached hydrogens (tertiary/aromatic N) is 1. The van der Waals surface area contributed by atoms with Crippen LogP contribution in [0.1, 0.15) is 28.7 Å². The van der Waals surface area contributed by atoms with E-state index in [9.17, 15) is 18.9 Å². The van der Waals surface area contributed by atoms with Crippen molar-refractivity contribution in [3.05, 3.63) is 138 Å². The topological polar surface area (TPSA) is 118 Å². The lowest BCUT2D eigenvalue weighted by molar-refractivity contribution is -0.203. The van der Waals surface area contributed by atoms with Crippen molar-refractivity contribution in [3.63, 3.8) is 0 Å². The molecule has 0 fully saturated rings. The van der Waals surface area contributed by atoms with Crippen LogP contribution in [0.5, 0.6) is 5.75 Å². The van der Waals surface area contributed by atoms with Crippen LogP contribution in [0.25, 0.3) is 0 Å². The maximum atomic E-state index is 13.6. The van der Waals surface area contributed by atoms with E-state index in [1.54, 1.807) is 36.4 Å². The number of carbonyl (C=O) groups excluding carboxylic acids is 3. The van der Waals surface area contributed by atoms with Crippen molar-refractivity contribution < 1.29 is 42.3 Å². The van der Waals surface area contributed by atoms with Crippen LogP contribution in [0.4, 0.5) is 0 Å². The van der Waals surface area contributed by atoms with Crippen LogP contribution in [0.2, 0.25) is 0 Å². The molecule has 0 aliphatic rings. The van der Waals surface area contributed by atoms with Gasteiger partial charge in [0.2, 0.25) is 6.41 Å². The Morgan fingerprint density at radius 3 is 1.76 bits per heavy atom. The first-order valence-electron chi connectivity index (χ1n) is 14.6. The number of carbonyl (C=O) groups is 3. The van der Waals surface area contributed by atoms with E-state index >= 15 is 0 Å². The highest BCUT2D eigenvalue weighted by molar-refractivity contribution is 7.54. The van der Waals surface area contributed by atoms with Crippen LogP contribution in [0, 0.1) is 0 Å². The second-order valence-corrected chi connectivity index (χ2v) is 12.4. The molecule has 0 bridgehead atoms. The molecule has 0 heterocycles. The molecule has 0 saturated carbocycles. The Morgan fingerprint density at radius 2 is 1.24 bits per heavy atom. The minimum absolute atomic E-state index is 0.0205. The first-order chi connectivity index (χ1) is 22.4. The summed E-state index contributed by atoms with van der Waals surface area (Å²) in [5.41, 5.74) is 3.11. The Labute approximate surface area is 268 Å². The largest absolute Gasteiger partial charge is 0.461 e. The molecule has 4 rings (SSSR count). The summed E-state index contributed by atoms with van der Waals surface area (Å²) in [4.78, 5) is 43.3. The first-order valence-corrected chi connectivity index (χ1v) is 16.3. The first kappa shape index (κ1) is 34.1. The zero-order valence-electron chi connectivity index (χ0n) is 25.4. The number of rotatable bonds is 18. The number of amides is 1. The Morgan fingerprint density at radius 1 is 0.717 bits per heavy atom. The highest BCUT2D eigenvalue weighted by atomic mass is 31.2. The molecule has 240 valence electrons. The lowest BCUT2D eigenvalue weighted by atomic mass is 10.1. The second kappa shape index (κ2) is 17.7. The molecule has 0 aliphatic heterocycles. The third-order valence-electron chi connectivity index (χ3n) is 6.84. The van der Waals surface area contributed by atoms with Crippen LogP contribution < -0.4 is 4.52 Å². The van der Waals surface area contributed by atoms with Gasteiger partial charge in [-0.3, -0.25) is 14.4 Å². The highest BCUT2D eigenvalue weighted by Crippen LogP contribution is 2.48. The average molecular weight is 646 g/mol. The van der Waals surface area contributed by atoms with Gasteiger partial charge in [-0.25, -0.2) is 14.4 Å². The van der Waals surface area contributed by atoms with Gasteiger partial charge in [-0.1, -0.05) is 103 Å². The molecule has 4 aromatic carbocycles. The SMILES string of the molecule is COP(=O)(CCC(C(=O)OCc1ccccc1)N(C=O)OCc1ccccc1)Oc1ccc(CC(=O)OCc2ccccc2)cc1. The highest BCUT2D eigenvalue weighted by Gasteiger charge is 2.34. The normalized spacial score (nSPS) is 12.7. The van der Waals surface area contributed by atoms with Gasteiger partial charge in [0.25, 0.3) is 0 Å². The van der Waals surface area contributed by atoms with Gasteiger partial charge in [-0.15, -0.1) is 0 Å². The van der Waals surface area contributed by atoms with Crippen molar-refractivity contribution in [1.82, 2.24) is 5.06 Å². The summed E-state index contributed by atoms with van der Waals surface area (Å²) in [6, 6.07) is 32.8. The van der Waals surface area contributed by atoms with Gasteiger partial charge < -0.3 is 18.5 Å². The number of hydroxylamine groups is 2. The summed E-state index contributed by atoms with van der Waals surface area (Å²) in [6.45, 7) is 0.177. The molecule has 0 spiro atoms. The molecule has 1 amide bonds. The molecule has 0 N–H and O–H groups in total. The lowest BCUT2D eigenvalue weighted by Gasteiger charge is -2.27. The summed E-state index contributed by atoms with van der Waals surface area (Å²) >= 11 is 0. The lowest BCUT2D eigenvalue weighted by Crippen LogP contribution is -2.42. The zero-order chi connectivity index (χ0) is 32.6. The molecule has 46 heavy (non-hydrogen) atoms. The van der Waals surface area contributed by atoms with E-state index in [1.807, 2.05) is 78.9 Å². The molecular weight excluding hydrogens is 609 g/mol. The maximum absolute atomic E-state index is 13.6. The molecule has 11 heteroatoms. The van der Waals surface area contributed by atoms with Crippen LogP contribution in [0.3, 0.4) is 0 Å². The predicted molar refractivity (Wildman–Crippen MR) is 170 cm³/mol. The number of hydrogen-bond acceptors (Lipinski definition) is 9. The molecule has 10 nitrogen and oxygen atoms in total. The van der Waals surface area contributed by atoms with Gasteiger partial charge >= 0.3 is 19.5 Å². The van der Waals surface area contributed by atoms with E-state index in [1.165, 1.54) is 7.11 Å². The fraction of sp³-hybridized carbons (Fsp3) is 0.229. The predicted octanol–water partition coefficient (Wildman–Crippen LogP) is 6.28. The summed E-state index contributed by atoms with van der Waals surface area (Å²) < 4.78 is 35.5. The molecule has 0 saturated heterocycles. The van der Waals surface area contributed by atoms with Gasteiger partial charge in [-0.2, -0.15) is 0 Å². The fourth-order valence-electron chi connectivity index (χ4n) is 4.33. The van der Waals surface area contributed by atoms with Crippen LogP contribution in [0.15, 0.2) is 115 Å². The summed E-state index contributed by atoms with van der Waals surface area (Å²) in [7, 11) is -2.56. The van der Waals surface area contributed by atoms with Crippen LogP contribution >= 0.6 is 7.60 Å². The minimum Gasteiger partial charge on any atom is -0.461 e. The number of hydrogen-bond donors (Lipinski definition) is 0. The second-order valence-electron chi connectivity index (χ2n) is 10.2. The van der Waals surface area contributed by atoms with E-state index in [0.29, 0.717) is 12.0 Å². The maximum Gasteiger partial charge on any atom is 0.379 e. The Kier molecular flexibility index (Phi) is 13.1. The smallest absolute Gasteiger partial charge is 0.379 e. The fourth-order valence-corrected chi connectivity index (χ4v) is 5.68. The molecule has 4 aromatic rings. The zero-order valence-corrected chi connectivity index (χ0v) is 26.3. The minimum atomic E-state index is -3.80. The van der Waals surface area contributed by atoms with Crippen molar-refractivity contribution in [2.75, 3.05) is 13.3 Å². The Balaban J connectivity index is 1.37. The van der Waals surface area contributed by atoms with Crippen molar-refractivity contribution in [1.29, 1.82) is 0 Å². The van der Waals surface area contributed by atoms with Crippen molar-refractivity contribution in [3.8, 4) is 5.75 Å². The van der Waals surface area contributed by atoms with Crippen LogP contribution in [-0.4, -0.2) is 42.7 Å². The van der Waals surface area contributed by atoms with Gasteiger partial charge in [0.1, 0.15) is 25.6 Å². The monoisotopic (exact) mass is 645 g/mol. The number of esters is 2. The number of benzene rings is 4. The molecule has 0 radical (unpaired) electrons. The van der Waals surface area contributed by atoms with Gasteiger partial charge in [0.15, 0.2) is 6.04 Å². The van der Waals surface area contributed by atoms with E-state index in [0.717, 1.165) is 21.8 Å². The quantitative estimate of drug-likeness (QED) is 0.0533.